The molecule has 154 valence electrons. The summed E-state index contributed by atoms with van der Waals surface area (Å²) in [5.41, 5.74) is 0.476. The van der Waals surface area contributed by atoms with Gasteiger partial charge in [0.1, 0.15) is 5.60 Å². The number of benzene rings is 1. The average molecular weight is 388 g/mol. The van der Waals surface area contributed by atoms with Crippen LogP contribution in [0, 0.1) is 0 Å². The van der Waals surface area contributed by atoms with Crippen molar-refractivity contribution in [1.82, 2.24) is 9.80 Å². The van der Waals surface area contributed by atoms with E-state index in [1.54, 1.807) is 4.90 Å². The molecular formula is C22H33N3O3. The van der Waals surface area contributed by atoms with Gasteiger partial charge in [-0.1, -0.05) is 31.5 Å². The number of amides is 3. The maximum atomic E-state index is 13.2. The number of rotatable bonds is 4. The molecule has 3 amide bonds. The van der Waals surface area contributed by atoms with Gasteiger partial charge in [0.05, 0.1) is 6.04 Å². The van der Waals surface area contributed by atoms with E-state index in [-0.39, 0.29) is 24.2 Å². The van der Waals surface area contributed by atoms with Crippen LogP contribution in [0.3, 0.4) is 0 Å². The Kier molecular flexibility index (Phi) is 6.16. The number of piperidine rings is 1. The highest BCUT2D eigenvalue weighted by Crippen LogP contribution is 2.31. The minimum atomic E-state index is -0.485. The smallest absolute Gasteiger partial charge is 0.410 e. The van der Waals surface area contributed by atoms with Gasteiger partial charge in [-0.25, -0.2) is 9.59 Å². The maximum absolute atomic E-state index is 13.2. The predicted molar refractivity (Wildman–Crippen MR) is 111 cm³/mol. The largest absolute Gasteiger partial charge is 0.444 e. The number of likely N-dealkylation sites (tertiary alicyclic amines) is 1. The molecule has 0 aliphatic carbocycles. The summed E-state index contributed by atoms with van der Waals surface area (Å²) in [4.78, 5) is 31.3. The van der Waals surface area contributed by atoms with Crippen molar-refractivity contribution in [2.24, 2.45) is 0 Å². The summed E-state index contributed by atoms with van der Waals surface area (Å²) in [7, 11) is 0. The van der Waals surface area contributed by atoms with E-state index in [4.69, 9.17) is 4.74 Å². The zero-order chi connectivity index (χ0) is 20.3. The summed E-state index contributed by atoms with van der Waals surface area (Å²) >= 11 is 0. The van der Waals surface area contributed by atoms with Crippen LogP contribution < -0.4 is 4.90 Å². The molecule has 0 spiro atoms. The van der Waals surface area contributed by atoms with Gasteiger partial charge >= 0.3 is 12.1 Å². The molecule has 0 saturated carbocycles. The van der Waals surface area contributed by atoms with Gasteiger partial charge in [0.25, 0.3) is 0 Å². The number of carbonyl (C=O) groups excluding carboxylic acids is 2. The van der Waals surface area contributed by atoms with Crippen molar-refractivity contribution < 1.29 is 14.3 Å². The van der Waals surface area contributed by atoms with Crippen molar-refractivity contribution in [3.05, 3.63) is 30.3 Å². The summed E-state index contributed by atoms with van der Waals surface area (Å²) in [6.07, 6.45) is 3.39. The highest BCUT2D eigenvalue weighted by molar-refractivity contribution is 5.94. The van der Waals surface area contributed by atoms with Crippen LogP contribution in [-0.2, 0) is 4.74 Å². The molecule has 2 aliphatic heterocycles. The predicted octanol–water partition coefficient (Wildman–Crippen LogP) is 4.50. The first-order valence-corrected chi connectivity index (χ1v) is 10.4. The van der Waals surface area contributed by atoms with Crippen molar-refractivity contribution >= 4 is 17.8 Å². The Balaban J connectivity index is 1.66. The van der Waals surface area contributed by atoms with E-state index in [2.05, 4.69) is 11.8 Å². The standard InChI is InChI=1S/C22H33N3O3/c1-5-9-19-16-24(17-10-7-6-8-11-17)20(26)25(19)18-12-14-23(15-13-18)21(27)28-22(2,3)4/h6-8,10-11,18-19H,5,9,12-16H2,1-4H3. The Hall–Kier alpha value is -2.24. The number of urea groups is 1. The third-order valence-corrected chi connectivity index (χ3v) is 5.44. The van der Waals surface area contributed by atoms with Crippen LogP contribution in [-0.4, -0.2) is 59.2 Å². The first-order valence-electron chi connectivity index (χ1n) is 10.4. The van der Waals surface area contributed by atoms with Gasteiger partial charge in [0.15, 0.2) is 0 Å². The second-order valence-corrected chi connectivity index (χ2v) is 8.78. The lowest BCUT2D eigenvalue weighted by Gasteiger charge is -2.39. The third-order valence-electron chi connectivity index (χ3n) is 5.44. The molecule has 1 aromatic rings. The molecule has 0 N–H and O–H groups in total. The Morgan fingerprint density at radius 2 is 1.79 bits per heavy atom. The number of hydrogen-bond donors (Lipinski definition) is 0. The van der Waals surface area contributed by atoms with E-state index < -0.39 is 5.60 Å². The molecule has 1 aromatic carbocycles. The highest BCUT2D eigenvalue weighted by Gasteiger charge is 2.42. The van der Waals surface area contributed by atoms with Crippen molar-refractivity contribution in [3.63, 3.8) is 0 Å². The van der Waals surface area contributed by atoms with Gasteiger partial charge in [-0.05, 0) is 52.2 Å². The molecule has 2 aliphatic rings. The van der Waals surface area contributed by atoms with Gasteiger partial charge < -0.3 is 14.5 Å². The maximum Gasteiger partial charge on any atom is 0.410 e. The van der Waals surface area contributed by atoms with Gasteiger partial charge in [0, 0.05) is 31.4 Å². The molecule has 6 heteroatoms. The van der Waals surface area contributed by atoms with Crippen LogP contribution in [0.25, 0.3) is 0 Å². The molecule has 1 unspecified atom stereocenters. The van der Waals surface area contributed by atoms with E-state index >= 15 is 0 Å². The van der Waals surface area contributed by atoms with Crippen LogP contribution in [0.5, 0.6) is 0 Å². The van der Waals surface area contributed by atoms with Crippen LogP contribution >= 0.6 is 0 Å². The van der Waals surface area contributed by atoms with Crippen LogP contribution in [0.4, 0.5) is 15.3 Å². The SMILES string of the molecule is CCCC1CN(c2ccccc2)C(=O)N1C1CCN(C(=O)OC(C)(C)C)CC1. The van der Waals surface area contributed by atoms with Gasteiger partial charge in [-0.2, -0.15) is 0 Å². The van der Waals surface area contributed by atoms with E-state index in [0.717, 1.165) is 37.9 Å². The minimum absolute atomic E-state index is 0.0976. The van der Waals surface area contributed by atoms with Gasteiger partial charge in [-0.15, -0.1) is 0 Å². The zero-order valence-electron chi connectivity index (χ0n) is 17.6. The van der Waals surface area contributed by atoms with Crippen LogP contribution in [0.1, 0.15) is 53.4 Å². The second-order valence-electron chi connectivity index (χ2n) is 8.78. The summed E-state index contributed by atoms with van der Waals surface area (Å²) in [5, 5.41) is 0. The number of nitrogens with zero attached hydrogens (tertiary/aromatic N) is 3. The lowest BCUT2D eigenvalue weighted by Crippen LogP contribution is -2.51. The first kappa shape index (κ1) is 20.5. The lowest BCUT2D eigenvalue weighted by atomic mass is 10.0. The summed E-state index contributed by atoms with van der Waals surface area (Å²) in [6.45, 7) is 9.82. The van der Waals surface area contributed by atoms with Crippen LogP contribution in [0.15, 0.2) is 30.3 Å². The molecule has 0 radical (unpaired) electrons. The topological polar surface area (TPSA) is 53.1 Å². The molecule has 0 aromatic heterocycles. The quantitative estimate of drug-likeness (QED) is 0.764. The average Bonchev–Trinajstić information content (AvgIpc) is 2.98. The molecule has 1 atom stereocenters. The Bertz CT molecular complexity index is 678. The number of para-hydroxylation sites is 1. The van der Waals surface area contributed by atoms with Crippen molar-refractivity contribution in [1.29, 1.82) is 0 Å². The highest BCUT2D eigenvalue weighted by atomic mass is 16.6. The van der Waals surface area contributed by atoms with Crippen molar-refractivity contribution in [2.75, 3.05) is 24.5 Å². The Labute approximate surface area is 168 Å². The van der Waals surface area contributed by atoms with Gasteiger partial charge in [-0.3, -0.25) is 4.90 Å². The molecule has 2 heterocycles. The summed E-state index contributed by atoms with van der Waals surface area (Å²) < 4.78 is 5.49. The van der Waals surface area contributed by atoms with E-state index in [1.165, 1.54) is 0 Å². The fourth-order valence-corrected chi connectivity index (χ4v) is 4.17. The fraction of sp³-hybridized carbons (Fsp3) is 0.636. The third kappa shape index (κ3) is 4.59. The molecule has 2 saturated heterocycles. The fourth-order valence-electron chi connectivity index (χ4n) is 4.17. The van der Waals surface area contributed by atoms with Crippen molar-refractivity contribution in [2.45, 2.75) is 71.1 Å². The van der Waals surface area contributed by atoms with Crippen LogP contribution in [0.2, 0.25) is 0 Å². The Morgan fingerprint density at radius 1 is 1.14 bits per heavy atom. The van der Waals surface area contributed by atoms with Gasteiger partial charge in [0.2, 0.25) is 0 Å². The lowest BCUT2D eigenvalue weighted by molar-refractivity contribution is 0.0157. The van der Waals surface area contributed by atoms with Crippen molar-refractivity contribution in [3.8, 4) is 0 Å². The summed E-state index contributed by atoms with van der Waals surface area (Å²) in [6, 6.07) is 10.4. The Morgan fingerprint density at radius 3 is 2.36 bits per heavy atom. The molecule has 2 fully saturated rings. The van der Waals surface area contributed by atoms with E-state index in [9.17, 15) is 9.59 Å². The second kappa shape index (κ2) is 8.41. The van der Waals surface area contributed by atoms with E-state index in [1.807, 2.05) is 56.0 Å². The summed E-state index contributed by atoms with van der Waals surface area (Å²) in [5.74, 6) is 0. The minimum Gasteiger partial charge on any atom is -0.444 e. The zero-order valence-corrected chi connectivity index (χ0v) is 17.6. The molecule has 6 nitrogen and oxygen atoms in total. The number of ether oxygens (including phenoxy) is 1. The molecule has 3 rings (SSSR count). The normalized spacial score (nSPS) is 21.4. The number of hydrogen-bond acceptors (Lipinski definition) is 3. The molecule has 0 bridgehead atoms. The molecular weight excluding hydrogens is 354 g/mol. The monoisotopic (exact) mass is 387 g/mol. The first-order chi connectivity index (χ1) is 13.3. The molecule has 28 heavy (non-hydrogen) atoms. The van der Waals surface area contributed by atoms with E-state index in [0.29, 0.717) is 13.1 Å². The number of carbonyl (C=O) groups is 2. The number of anilines is 1.